The van der Waals surface area contributed by atoms with Crippen molar-refractivity contribution >= 4 is 17.4 Å². The van der Waals surface area contributed by atoms with Gasteiger partial charge in [0.15, 0.2) is 0 Å². The van der Waals surface area contributed by atoms with Gasteiger partial charge in [-0.2, -0.15) is 0 Å². The molecule has 1 aromatic carbocycles. The van der Waals surface area contributed by atoms with Gasteiger partial charge in [-0.05, 0) is 18.6 Å². The Morgan fingerprint density at radius 3 is 2.93 bits per heavy atom. The lowest BCUT2D eigenvalue weighted by Crippen LogP contribution is -2.01. The Kier molecular flexibility index (Phi) is 6.02. The van der Waals surface area contributed by atoms with Crippen molar-refractivity contribution < 1.29 is 0 Å². The SMILES string of the molecule is C=CCSc1ccccc1NCCCC. The van der Waals surface area contributed by atoms with E-state index in [0.717, 1.165) is 12.3 Å². The summed E-state index contributed by atoms with van der Waals surface area (Å²) in [5, 5.41) is 3.47. The molecular formula is C13H19NS. The van der Waals surface area contributed by atoms with Crippen LogP contribution < -0.4 is 5.32 Å². The largest absolute Gasteiger partial charge is 0.384 e. The normalized spacial score (nSPS) is 9.93. The molecule has 0 amide bonds. The summed E-state index contributed by atoms with van der Waals surface area (Å²) in [5.74, 6) is 0.965. The van der Waals surface area contributed by atoms with Crippen molar-refractivity contribution in [3.63, 3.8) is 0 Å². The fourth-order valence-corrected chi connectivity index (χ4v) is 2.06. The second-order valence-electron chi connectivity index (χ2n) is 3.38. The van der Waals surface area contributed by atoms with Crippen LogP contribution in [0.1, 0.15) is 19.8 Å². The van der Waals surface area contributed by atoms with Gasteiger partial charge >= 0.3 is 0 Å². The maximum Gasteiger partial charge on any atom is 0.0478 e. The Morgan fingerprint density at radius 2 is 2.20 bits per heavy atom. The first-order valence-electron chi connectivity index (χ1n) is 5.45. The molecule has 0 aliphatic rings. The van der Waals surface area contributed by atoms with Gasteiger partial charge in [0.25, 0.3) is 0 Å². The zero-order valence-electron chi connectivity index (χ0n) is 9.33. The van der Waals surface area contributed by atoms with Crippen LogP contribution in [0.4, 0.5) is 5.69 Å². The quantitative estimate of drug-likeness (QED) is 0.421. The van der Waals surface area contributed by atoms with Gasteiger partial charge < -0.3 is 5.32 Å². The zero-order valence-corrected chi connectivity index (χ0v) is 10.1. The topological polar surface area (TPSA) is 12.0 Å². The number of thioether (sulfide) groups is 1. The molecule has 0 bridgehead atoms. The van der Waals surface area contributed by atoms with E-state index >= 15 is 0 Å². The van der Waals surface area contributed by atoms with Crippen LogP contribution in [0.15, 0.2) is 41.8 Å². The third-order valence-electron chi connectivity index (χ3n) is 2.09. The van der Waals surface area contributed by atoms with Gasteiger partial charge in [-0.3, -0.25) is 0 Å². The first-order valence-corrected chi connectivity index (χ1v) is 6.43. The molecule has 0 aliphatic heterocycles. The van der Waals surface area contributed by atoms with Gasteiger partial charge in [-0.1, -0.05) is 31.6 Å². The van der Waals surface area contributed by atoms with Crippen LogP contribution in [0, 0.1) is 0 Å². The Labute approximate surface area is 97.0 Å². The number of benzene rings is 1. The number of unbranched alkanes of at least 4 members (excludes halogenated alkanes) is 1. The van der Waals surface area contributed by atoms with E-state index in [4.69, 9.17) is 0 Å². The minimum absolute atomic E-state index is 0.965. The molecule has 1 rings (SSSR count). The summed E-state index contributed by atoms with van der Waals surface area (Å²) in [4.78, 5) is 1.31. The monoisotopic (exact) mass is 221 g/mol. The molecular weight excluding hydrogens is 202 g/mol. The minimum atomic E-state index is 0.965. The molecule has 2 heteroatoms. The van der Waals surface area contributed by atoms with Crippen molar-refractivity contribution in [2.45, 2.75) is 24.7 Å². The first kappa shape index (κ1) is 12.2. The maximum absolute atomic E-state index is 3.74. The van der Waals surface area contributed by atoms with E-state index in [9.17, 15) is 0 Å². The molecule has 1 N–H and O–H groups in total. The number of nitrogens with one attached hydrogen (secondary N) is 1. The van der Waals surface area contributed by atoms with E-state index in [1.807, 2.05) is 17.8 Å². The summed E-state index contributed by atoms with van der Waals surface area (Å²) >= 11 is 1.82. The predicted octanol–water partition coefficient (Wildman–Crippen LogP) is 4.18. The Balaban J connectivity index is 2.55. The van der Waals surface area contributed by atoms with Crippen LogP contribution in [-0.4, -0.2) is 12.3 Å². The summed E-state index contributed by atoms with van der Waals surface area (Å²) in [6.07, 6.45) is 4.39. The third-order valence-corrected chi connectivity index (χ3v) is 3.16. The number of para-hydroxylation sites is 1. The molecule has 0 atom stereocenters. The summed E-state index contributed by atoms with van der Waals surface area (Å²) in [6, 6.07) is 8.45. The second kappa shape index (κ2) is 7.41. The predicted molar refractivity (Wildman–Crippen MR) is 70.8 cm³/mol. The van der Waals surface area contributed by atoms with Crippen LogP contribution >= 0.6 is 11.8 Å². The standard InChI is InChI=1S/C13H19NS/c1-3-5-10-14-12-8-6-7-9-13(12)15-11-4-2/h4,6-9,14H,2-3,5,10-11H2,1H3. The van der Waals surface area contributed by atoms with Crippen LogP contribution in [-0.2, 0) is 0 Å². The van der Waals surface area contributed by atoms with Gasteiger partial charge in [0.2, 0.25) is 0 Å². The molecule has 1 nitrogen and oxygen atoms in total. The van der Waals surface area contributed by atoms with Gasteiger partial charge in [-0.15, -0.1) is 18.3 Å². The molecule has 0 saturated carbocycles. The smallest absolute Gasteiger partial charge is 0.0478 e. The number of hydrogen-bond acceptors (Lipinski definition) is 2. The third kappa shape index (κ3) is 4.43. The molecule has 0 aliphatic carbocycles. The van der Waals surface area contributed by atoms with E-state index in [2.05, 4.69) is 43.1 Å². The number of rotatable bonds is 7. The van der Waals surface area contributed by atoms with Gasteiger partial charge in [0.1, 0.15) is 0 Å². The summed E-state index contributed by atoms with van der Waals surface area (Å²) in [7, 11) is 0. The highest BCUT2D eigenvalue weighted by molar-refractivity contribution is 7.99. The molecule has 82 valence electrons. The van der Waals surface area contributed by atoms with Crippen molar-refractivity contribution in [2.75, 3.05) is 17.6 Å². The zero-order chi connectivity index (χ0) is 10.9. The van der Waals surface area contributed by atoms with Crippen LogP contribution in [0.5, 0.6) is 0 Å². The molecule has 1 aromatic rings. The van der Waals surface area contributed by atoms with Gasteiger partial charge in [0, 0.05) is 22.9 Å². The fraction of sp³-hybridized carbons (Fsp3) is 0.385. The van der Waals surface area contributed by atoms with E-state index < -0.39 is 0 Å². The number of hydrogen-bond donors (Lipinski definition) is 1. The molecule has 0 unspecified atom stereocenters. The van der Waals surface area contributed by atoms with Crippen molar-refractivity contribution in [1.29, 1.82) is 0 Å². The second-order valence-corrected chi connectivity index (χ2v) is 4.44. The van der Waals surface area contributed by atoms with E-state index in [1.54, 1.807) is 0 Å². The summed E-state index contributed by atoms with van der Waals surface area (Å²) < 4.78 is 0. The van der Waals surface area contributed by atoms with Crippen LogP contribution in [0.25, 0.3) is 0 Å². The van der Waals surface area contributed by atoms with Crippen molar-refractivity contribution in [2.24, 2.45) is 0 Å². The summed E-state index contributed by atoms with van der Waals surface area (Å²) in [6.45, 7) is 7.01. The lowest BCUT2D eigenvalue weighted by Gasteiger charge is -2.10. The fourth-order valence-electron chi connectivity index (χ4n) is 1.29. The highest BCUT2D eigenvalue weighted by Crippen LogP contribution is 2.26. The van der Waals surface area contributed by atoms with Crippen LogP contribution in [0.3, 0.4) is 0 Å². The average molecular weight is 221 g/mol. The minimum Gasteiger partial charge on any atom is -0.384 e. The molecule has 15 heavy (non-hydrogen) atoms. The first-order chi connectivity index (χ1) is 7.38. The molecule has 0 saturated heterocycles. The van der Waals surface area contributed by atoms with Crippen molar-refractivity contribution in [3.05, 3.63) is 36.9 Å². The Bertz CT molecular complexity index is 296. The number of anilines is 1. The molecule has 0 spiro atoms. The highest BCUT2D eigenvalue weighted by Gasteiger charge is 1.99. The van der Waals surface area contributed by atoms with Crippen LogP contribution in [0.2, 0.25) is 0 Å². The lowest BCUT2D eigenvalue weighted by molar-refractivity contribution is 0.832. The highest BCUT2D eigenvalue weighted by atomic mass is 32.2. The van der Waals surface area contributed by atoms with Gasteiger partial charge in [-0.25, -0.2) is 0 Å². The average Bonchev–Trinajstić information content (AvgIpc) is 2.28. The maximum atomic E-state index is 3.74. The molecule has 0 radical (unpaired) electrons. The molecule has 0 aromatic heterocycles. The van der Waals surface area contributed by atoms with Crippen molar-refractivity contribution in [3.8, 4) is 0 Å². The molecule has 0 fully saturated rings. The van der Waals surface area contributed by atoms with Crippen molar-refractivity contribution in [1.82, 2.24) is 0 Å². The Morgan fingerprint density at radius 1 is 1.40 bits per heavy atom. The Hall–Kier alpha value is -0.890. The van der Waals surface area contributed by atoms with E-state index in [-0.39, 0.29) is 0 Å². The van der Waals surface area contributed by atoms with Gasteiger partial charge in [0.05, 0.1) is 0 Å². The van der Waals surface area contributed by atoms with E-state index in [0.29, 0.717) is 0 Å². The molecule has 0 heterocycles. The lowest BCUT2D eigenvalue weighted by atomic mass is 10.3. The van der Waals surface area contributed by atoms with E-state index in [1.165, 1.54) is 23.4 Å². The summed E-state index contributed by atoms with van der Waals surface area (Å²) in [5.41, 5.74) is 1.25.